The number of hydrogen-bond acceptors (Lipinski definition) is 3. The van der Waals surface area contributed by atoms with E-state index in [9.17, 15) is 0 Å². The smallest absolute Gasteiger partial charge is 0.152 e. The van der Waals surface area contributed by atoms with Crippen molar-refractivity contribution in [2.24, 2.45) is 0 Å². The highest BCUT2D eigenvalue weighted by molar-refractivity contribution is 9.08. The van der Waals surface area contributed by atoms with Crippen LogP contribution in [0.2, 0.25) is 0 Å². The predicted molar refractivity (Wildman–Crippen MR) is 86.7 cm³/mol. The third-order valence-corrected chi connectivity index (χ3v) is 4.75. The Morgan fingerprint density at radius 3 is 3.05 bits per heavy atom. The second-order valence-corrected chi connectivity index (χ2v) is 6.17. The molecular formula is C15H21BrN4. The molecule has 1 saturated heterocycles. The Morgan fingerprint density at radius 2 is 2.30 bits per heavy atom. The fourth-order valence-corrected chi connectivity index (χ4v) is 3.59. The maximum absolute atomic E-state index is 4.82. The van der Waals surface area contributed by atoms with Gasteiger partial charge in [0.05, 0.1) is 5.69 Å². The Labute approximate surface area is 128 Å². The van der Waals surface area contributed by atoms with Crippen molar-refractivity contribution in [2.75, 3.05) is 32.1 Å². The average Bonchev–Trinajstić information content (AvgIpc) is 2.85. The lowest BCUT2D eigenvalue weighted by atomic mass is 10.1. The van der Waals surface area contributed by atoms with E-state index in [2.05, 4.69) is 62.6 Å². The highest BCUT2D eigenvalue weighted by atomic mass is 79.9. The zero-order valence-electron chi connectivity index (χ0n) is 12.1. The lowest BCUT2D eigenvalue weighted by molar-refractivity contribution is 0.247. The topological polar surface area (TPSA) is 23.8 Å². The molecule has 3 rings (SSSR count). The molecule has 2 aromatic heterocycles. The van der Waals surface area contributed by atoms with Crippen molar-refractivity contribution >= 4 is 27.4 Å². The summed E-state index contributed by atoms with van der Waals surface area (Å²) in [6.45, 7) is 2.33. The first-order valence-electron chi connectivity index (χ1n) is 7.14. The molecule has 20 heavy (non-hydrogen) atoms. The number of pyridine rings is 1. The Balaban J connectivity index is 1.96. The third kappa shape index (κ3) is 2.44. The van der Waals surface area contributed by atoms with Crippen molar-refractivity contribution in [1.29, 1.82) is 0 Å². The number of fused-ring (bicyclic) bond motifs is 1. The number of nitrogens with zero attached hydrogens (tertiary/aromatic N) is 4. The highest BCUT2D eigenvalue weighted by Crippen LogP contribution is 2.26. The molecule has 0 aliphatic carbocycles. The van der Waals surface area contributed by atoms with Crippen LogP contribution in [0.1, 0.15) is 18.5 Å². The fraction of sp³-hybridized carbons (Fsp3) is 0.533. The number of alkyl halides is 1. The van der Waals surface area contributed by atoms with Crippen LogP contribution in [0, 0.1) is 0 Å². The molecule has 3 heterocycles. The van der Waals surface area contributed by atoms with Gasteiger partial charge in [0, 0.05) is 31.2 Å². The van der Waals surface area contributed by atoms with Gasteiger partial charge in [-0.15, -0.1) is 0 Å². The molecule has 1 unspecified atom stereocenters. The number of piperidine rings is 1. The first kappa shape index (κ1) is 13.9. The summed E-state index contributed by atoms with van der Waals surface area (Å²) in [6.07, 6.45) is 4.60. The van der Waals surface area contributed by atoms with E-state index >= 15 is 0 Å². The van der Waals surface area contributed by atoms with Gasteiger partial charge in [0.15, 0.2) is 5.82 Å². The van der Waals surface area contributed by atoms with Gasteiger partial charge in [-0.1, -0.05) is 22.0 Å². The molecule has 0 bridgehead atoms. The van der Waals surface area contributed by atoms with Crippen LogP contribution >= 0.6 is 15.9 Å². The lowest BCUT2D eigenvalue weighted by Gasteiger charge is -2.36. The molecule has 2 aromatic rings. The lowest BCUT2D eigenvalue weighted by Crippen LogP contribution is -2.45. The maximum atomic E-state index is 4.82. The molecule has 5 heteroatoms. The molecule has 0 N–H and O–H groups in total. The monoisotopic (exact) mass is 336 g/mol. The Bertz CT molecular complexity index is 595. The number of hydrogen-bond donors (Lipinski definition) is 0. The second-order valence-electron chi connectivity index (χ2n) is 5.61. The summed E-state index contributed by atoms with van der Waals surface area (Å²) in [5.74, 6) is 1.10. The number of imidazole rings is 1. The third-order valence-electron chi connectivity index (χ3n) is 4.22. The molecule has 0 saturated carbocycles. The van der Waals surface area contributed by atoms with Gasteiger partial charge in [0.25, 0.3) is 0 Å². The first-order valence-corrected chi connectivity index (χ1v) is 8.26. The van der Waals surface area contributed by atoms with E-state index in [4.69, 9.17) is 4.98 Å². The highest BCUT2D eigenvalue weighted by Gasteiger charge is 2.25. The minimum absolute atomic E-state index is 0.552. The van der Waals surface area contributed by atoms with Crippen molar-refractivity contribution in [2.45, 2.75) is 24.2 Å². The minimum Gasteiger partial charge on any atom is -0.354 e. The number of likely N-dealkylation sites (N-methyl/N-ethyl adjacent to an activating group) is 2. The standard InChI is InChI=1S/C15H21BrN4/c1-18-8-5-6-12(11-18)19(2)15-13(10-16)20-9-4-3-7-14(20)17-15/h3-4,7,9,12H,5-6,8,10-11H2,1-2H3. The largest absolute Gasteiger partial charge is 0.354 e. The predicted octanol–water partition coefficient (Wildman–Crippen LogP) is 2.76. The van der Waals surface area contributed by atoms with Crippen LogP contribution in [-0.4, -0.2) is 47.5 Å². The van der Waals surface area contributed by atoms with E-state index in [0.29, 0.717) is 6.04 Å². The van der Waals surface area contributed by atoms with Crippen LogP contribution in [0.5, 0.6) is 0 Å². The van der Waals surface area contributed by atoms with Gasteiger partial charge in [-0.2, -0.15) is 0 Å². The second kappa shape index (κ2) is 5.74. The van der Waals surface area contributed by atoms with Crippen LogP contribution in [0.4, 0.5) is 5.82 Å². The zero-order valence-corrected chi connectivity index (χ0v) is 13.7. The van der Waals surface area contributed by atoms with Gasteiger partial charge in [-0.05, 0) is 38.6 Å². The SMILES string of the molecule is CN1CCCC(N(C)c2nc3ccccn3c2CBr)C1. The molecule has 108 valence electrons. The van der Waals surface area contributed by atoms with Gasteiger partial charge < -0.3 is 14.2 Å². The van der Waals surface area contributed by atoms with Gasteiger partial charge in [-0.3, -0.25) is 0 Å². The quantitative estimate of drug-likeness (QED) is 0.805. The summed E-state index contributed by atoms with van der Waals surface area (Å²) in [5, 5.41) is 0.820. The van der Waals surface area contributed by atoms with Crippen LogP contribution < -0.4 is 4.90 Å². The molecular weight excluding hydrogens is 316 g/mol. The molecule has 0 amide bonds. The molecule has 4 nitrogen and oxygen atoms in total. The van der Waals surface area contributed by atoms with Crippen molar-refractivity contribution in [3.05, 3.63) is 30.1 Å². The summed E-state index contributed by atoms with van der Waals surface area (Å²) < 4.78 is 2.17. The summed E-state index contributed by atoms with van der Waals surface area (Å²) in [5.41, 5.74) is 2.25. The van der Waals surface area contributed by atoms with E-state index in [-0.39, 0.29) is 0 Å². The fourth-order valence-electron chi connectivity index (χ4n) is 3.07. The van der Waals surface area contributed by atoms with E-state index in [1.54, 1.807) is 0 Å². The van der Waals surface area contributed by atoms with Crippen LogP contribution in [0.3, 0.4) is 0 Å². The van der Waals surface area contributed by atoms with Gasteiger partial charge in [0.1, 0.15) is 5.65 Å². The van der Waals surface area contributed by atoms with E-state index < -0.39 is 0 Å². The zero-order chi connectivity index (χ0) is 14.1. The van der Waals surface area contributed by atoms with Crippen molar-refractivity contribution in [1.82, 2.24) is 14.3 Å². The van der Waals surface area contributed by atoms with Gasteiger partial charge in [0.2, 0.25) is 0 Å². The van der Waals surface area contributed by atoms with Gasteiger partial charge in [-0.25, -0.2) is 4.98 Å². The molecule has 1 aliphatic heterocycles. The van der Waals surface area contributed by atoms with Crippen LogP contribution in [0.15, 0.2) is 24.4 Å². The number of rotatable bonds is 3. The van der Waals surface area contributed by atoms with E-state index in [1.807, 2.05) is 6.07 Å². The first-order chi connectivity index (χ1) is 9.70. The summed E-state index contributed by atoms with van der Waals surface area (Å²) in [7, 11) is 4.38. The van der Waals surface area contributed by atoms with Gasteiger partial charge >= 0.3 is 0 Å². The van der Waals surface area contributed by atoms with Crippen LogP contribution in [0.25, 0.3) is 5.65 Å². The minimum atomic E-state index is 0.552. The summed E-state index contributed by atoms with van der Waals surface area (Å²) >= 11 is 3.61. The summed E-state index contributed by atoms with van der Waals surface area (Å²) in [6, 6.07) is 6.71. The molecule has 0 spiro atoms. The van der Waals surface area contributed by atoms with Crippen molar-refractivity contribution in [3.8, 4) is 0 Å². The number of anilines is 1. The molecule has 1 aliphatic rings. The number of aromatic nitrogens is 2. The van der Waals surface area contributed by atoms with Crippen molar-refractivity contribution in [3.63, 3.8) is 0 Å². The Kier molecular flexibility index (Phi) is 3.98. The Hall–Kier alpha value is -1.07. The molecule has 1 fully saturated rings. The Morgan fingerprint density at radius 1 is 1.45 bits per heavy atom. The van der Waals surface area contributed by atoms with E-state index in [0.717, 1.165) is 23.3 Å². The molecule has 1 atom stereocenters. The van der Waals surface area contributed by atoms with Crippen LogP contribution in [-0.2, 0) is 5.33 Å². The number of halogens is 1. The normalized spacial score (nSPS) is 20.4. The van der Waals surface area contributed by atoms with Crippen molar-refractivity contribution < 1.29 is 0 Å². The summed E-state index contributed by atoms with van der Waals surface area (Å²) in [4.78, 5) is 9.60. The maximum Gasteiger partial charge on any atom is 0.152 e. The molecule has 0 radical (unpaired) electrons. The van der Waals surface area contributed by atoms with E-state index in [1.165, 1.54) is 25.1 Å². The average molecular weight is 337 g/mol. The number of likely N-dealkylation sites (tertiary alicyclic amines) is 1. The molecule has 0 aromatic carbocycles.